The summed E-state index contributed by atoms with van der Waals surface area (Å²) in [7, 11) is 0. The zero-order valence-corrected chi connectivity index (χ0v) is 8.28. The van der Waals surface area contributed by atoms with E-state index in [1.807, 2.05) is 0 Å². The number of carbonyl (C=O) groups excluding carboxylic acids is 1. The summed E-state index contributed by atoms with van der Waals surface area (Å²) in [6.07, 6.45) is 0. The highest BCUT2D eigenvalue weighted by Gasteiger charge is 2.10. The monoisotopic (exact) mass is 200 g/mol. The van der Waals surface area contributed by atoms with Crippen molar-refractivity contribution in [3.63, 3.8) is 0 Å². The molecule has 0 aromatic heterocycles. The van der Waals surface area contributed by atoms with Crippen LogP contribution >= 0.6 is 11.6 Å². The summed E-state index contributed by atoms with van der Waals surface area (Å²) in [4.78, 5) is 11.2. The van der Waals surface area contributed by atoms with Gasteiger partial charge in [-0.3, -0.25) is 4.79 Å². The summed E-state index contributed by atoms with van der Waals surface area (Å²) >= 11 is 5.39. The third-order valence-electron chi connectivity index (χ3n) is 2.05. The first-order chi connectivity index (χ1) is 6.06. The van der Waals surface area contributed by atoms with Crippen molar-refractivity contribution in [2.75, 3.05) is 5.88 Å². The number of aryl methyl sites for hydroxylation is 1. The van der Waals surface area contributed by atoms with Gasteiger partial charge in [0.2, 0.25) is 0 Å². The van der Waals surface area contributed by atoms with Crippen LogP contribution in [0.2, 0.25) is 0 Å². The fourth-order valence-corrected chi connectivity index (χ4v) is 1.32. The first-order valence-electron chi connectivity index (χ1n) is 3.92. The van der Waals surface area contributed by atoms with Crippen molar-refractivity contribution in [1.82, 2.24) is 0 Å². The van der Waals surface area contributed by atoms with Gasteiger partial charge in [-0.25, -0.2) is 4.39 Å². The number of hydrogen-bond acceptors (Lipinski definition) is 1. The van der Waals surface area contributed by atoms with E-state index in [9.17, 15) is 9.18 Å². The maximum Gasteiger partial charge on any atom is 0.177 e. The van der Waals surface area contributed by atoms with Crippen molar-refractivity contribution < 1.29 is 9.18 Å². The molecule has 0 atom stereocenters. The number of Topliss-reactive ketones (excluding diaryl/α,β-unsaturated/α-hetero) is 1. The fraction of sp³-hybridized carbons (Fsp3) is 0.300. The molecule has 1 aromatic rings. The molecule has 0 spiro atoms. The number of ketones is 1. The highest BCUT2D eigenvalue weighted by Crippen LogP contribution is 2.16. The second-order valence-corrected chi connectivity index (χ2v) is 3.22. The van der Waals surface area contributed by atoms with Crippen LogP contribution in [0, 0.1) is 19.7 Å². The van der Waals surface area contributed by atoms with E-state index in [1.165, 1.54) is 12.1 Å². The SMILES string of the molecule is Cc1cc(F)cc(C(=O)CCl)c1C. The van der Waals surface area contributed by atoms with Gasteiger partial charge in [0, 0.05) is 5.56 Å². The zero-order valence-electron chi connectivity index (χ0n) is 7.53. The molecule has 13 heavy (non-hydrogen) atoms. The average Bonchev–Trinajstić information content (AvgIpc) is 2.10. The molecule has 70 valence electrons. The van der Waals surface area contributed by atoms with Crippen molar-refractivity contribution in [1.29, 1.82) is 0 Å². The number of alkyl halides is 1. The lowest BCUT2D eigenvalue weighted by molar-refractivity contribution is 0.102. The van der Waals surface area contributed by atoms with Crippen molar-refractivity contribution in [2.45, 2.75) is 13.8 Å². The van der Waals surface area contributed by atoms with E-state index in [0.29, 0.717) is 5.56 Å². The Morgan fingerprint density at radius 1 is 1.46 bits per heavy atom. The molecule has 0 aliphatic carbocycles. The van der Waals surface area contributed by atoms with Gasteiger partial charge < -0.3 is 0 Å². The Hall–Kier alpha value is -0.890. The van der Waals surface area contributed by atoms with Gasteiger partial charge in [0.05, 0.1) is 5.88 Å². The quantitative estimate of drug-likeness (QED) is 0.530. The van der Waals surface area contributed by atoms with Crippen LogP contribution in [0.25, 0.3) is 0 Å². The molecule has 0 heterocycles. The van der Waals surface area contributed by atoms with Crippen molar-refractivity contribution in [3.8, 4) is 0 Å². The Balaban J connectivity index is 3.28. The van der Waals surface area contributed by atoms with Crippen LogP contribution in [-0.2, 0) is 0 Å². The molecule has 1 aromatic carbocycles. The highest BCUT2D eigenvalue weighted by atomic mass is 35.5. The molecule has 1 nitrogen and oxygen atoms in total. The molecule has 0 saturated carbocycles. The molecule has 0 N–H and O–H groups in total. The third kappa shape index (κ3) is 2.07. The minimum Gasteiger partial charge on any atom is -0.293 e. The minimum absolute atomic E-state index is 0.107. The lowest BCUT2D eigenvalue weighted by atomic mass is 10.0. The summed E-state index contributed by atoms with van der Waals surface area (Å²) < 4.78 is 12.9. The normalized spacial score (nSPS) is 10.2. The van der Waals surface area contributed by atoms with Crippen LogP contribution in [0.15, 0.2) is 12.1 Å². The summed E-state index contributed by atoms with van der Waals surface area (Å²) in [6, 6.07) is 2.63. The van der Waals surface area contributed by atoms with Crippen molar-refractivity contribution in [3.05, 3.63) is 34.6 Å². The van der Waals surface area contributed by atoms with Crippen molar-refractivity contribution in [2.24, 2.45) is 0 Å². The van der Waals surface area contributed by atoms with Crippen LogP contribution in [0.3, 0.4) is 0 Å². The lowest BCUT2D eigenvalue weighted by Crippen LogP contribution is -2.05. The maximum absolute atomic E-state index is 12.9. The summed E-state index contributed by atoms with van der Waals surface area (Å²) in [5.74, 6) is -0.734. The predicted molar refractivity (Wildman–Crippen MR) is 50.9 cm³/mol. The van der Waals surface area contributed by atoms with Gasteiger partial charge in [-0.1, -0.05) is 0 Å². The molecular formula is C10H10ClFO. The number of carbonyl (C=O) groups is 1. The molecule has 0 fully saturated rings. The van der Waals surface area contributed by atoms with E-state index >= 15 is 0 Å². The molecule has 0 radical (unpaired) electrons. The first-order valence-corrected chi connectivity index (χ1v) is 4.45. The van der Waals surface area contributed by atoms with Gasteiger partial charge in [-0.05, 0) is 37.1 Å². The third-order valence-corrected chi connectivity index (χ3v) is 2.30. The number of rotatable bonds is 2. The van der Waals surface area contributed by atoms with Crippen LogP contribution in [0.4, 0.5) is 4.39 Å². The number of halogens is 2. The highest BCUT2D eigenvalue weighted by molar-refractivity contribution is 6.30. The molecule has 0 saturated heterocycles. The van der Waals surface area contributed by atoms with E-state index in [0.717, 1.165) is 11.1 Å². The maximum atomic E-state index is 12.9. The second-order valence-electron chi connectivity index (χ2n) is 2.95. The Morgan fingerprint density at radius 3 is 2.62 bits per heavy atom. The standard InChI is InChI=1S/C10H10ClFO/c1-6-3-8(12)4-9(7(6)2)10(13)5-11/h3-4H,5H2,1-2H3. The largest absolute Gasteiger partial charge is 0.293 e. The topological polar surface area (TPSA) is 17.1 Å². The van der Waals surface area contributed by atoms with E-state index < -0.39 is 5.82 Å². The fourth-order valence-electron chi connectivity index (χ4n) is 1.18. The Kier molecular flexibility index (Phi) is 3.04. The van der Waals surface area contributed by atoms with Gasteiger partial charge >= 0.3 is 0 Å². The molecular weight excluding hydrogens is 191 g/mol. The van der Waals surface area contributed by atoms with Gasteiger partial charge in [-0.2, -0.15) is 0 Å². The average molecular weight is 201 g/mol. The molecule has 0 amide bonds. The smallest absolute Gasteiger partial charge is 0.177 e. The Labute approximate surface area is 81.5 Å². The number of benzene rings is 1. The second kappa shape index (κ2) is 3.88. The van der Waals surface area contributed by atoms with E-state index in [-0.39, 0.29) is 11.7 Å². The van der Waals surface area contributed by atoms with Crippen LogP contribution < -0.4 is 0 Å². The minimum atomic E-state index is -0.392. The van der Waals surface area contributed by atoms with Gasteiger partial charge in [0.1, 0.15) is 5.82 Å². The van der Waals surface area contributed by atoms with E-state index in [1.54, 1.807) is 13.8 Å². The molecule has 3 heteroatoms. The Morgan fingerprint density at radius 2 is 2.08 bits per heavy atom. The first kappa shape index (κ1) is 10.2. The molecule has 0 aliphatic heterocycles. The summed E-state index contributed by atoms with van der Waals surface area (Å²) in [5, 5.41) is 0. The molecule has 0 bridgehead atoms. The predicted octanol–water partition coefficient (Wildman–Crippen LogP) is 2.86. The van der Waals surface area contributed by atoms with Crippen LogP contribution in [-0.4, -0.2) is 11.7 Å². The Bertz CT molecular complexity index is 347. The molecule has 1 rings (SSSR count). The van der Waals surface area contributed by atoms with Crippen molar-refractivity contribution >= 4 is 17.4 Å². The van der Waals surface area contributed by atoms with E-state index in [2.05, 4.69) is 0 Å². The van der Waals surface area contributed by atoms with Gasteiger partial charge in [0.15, 0.2) is 5.78 Å². The molecule has 0 aliphatic rings. The van der Waals surface area contributed by atoms with Crippen LogP contribution in [0.1, 0.15) is 21.5 Å². The number of hydrogen-bond donors (Lipinski definition) is 0. The molecule has 0 unspecified atom stereocenters. The van der Waals surface area contributed by atoms with Gasteiger partial charge in [-0.15, -0.1) is 11.6 Å². The lowest BCUT2D eigenvalue weighted by Gasteiger charge is -2.06. The summed E-state index contributed by atoms with van der Waals surface area (Å²) in [6.45, 7) is 3.55. The van der Waals surface area contributed by atoms with Crippen LogP contribution in [0.5, 0.6) is 0 Å². The summed E-state index contributed by atoms with van der Waals surface area (Å²) in [5.41, 5.74) is 1.95. The van der Waals surface area contributed by atoms with Gasteiger partial charge in [0.25, 0.3) is 0 Å². The zero-order chi connectivity index (χ0) is 10.0. The van der Waals surface area contributed by atoms with E-state index in [4.69, 9.17) is 11.6 Å².